The molecular formula is C11H13BrN2O. The van der Waals surface area contributed by atoms with E-state index in [1.165, 1.54) is 0 Å². The van der Waals surface area contributed by atoms with Crippen LogP contribution < -0.4 is 10.1 Å². The Kier molecular flexibility index (Phi) is 4.44. The first-order chi connectivity index (χ1) is 7.17. The van der Waals surface area contributed by atoms with E-state index in [4.69, 9.17) is 10.00 Å². The zero-order valence-corrected chi connectivity index (χ0v) is 10.3. The second-order valence-corrected chi connectivity index (χ2v) is 4.17. The molecule has 15 heavy (non-hydrogen) atoms. The van der Waals surface area contributed by atoms with Crippen LogP contribution >= 0.6 is 15.9 Å². The summed E-state index contributed by atoms with van der Waals surface area (Å²) in [6, 6.07) is 7.90. The zero-order valence-electron chi connectivity index (χ0n) is 8.75. The van der Waals surface area contributed by atoms with Gasteiger partial charge >= 0.3 is 0 Å². The number of ether oxygens (including phenoxy) is 1. The first-order valence-corrected chi connectivity index (χ1v) is 5.43. The van der Waals surface area contributed by atoms with Crippen molar-refractivity contribution in [1.82, 2.24) is 0 Å². The number of methoxy groups -OCH3 is 1. The highest BCUT2D eigenvalue weighted by Crippen LogP contribution is 2.27. The van der Waals surface area contributed by atoms with Gasteiger partial charge in [0.2, 0.25) is 0 Å². The summed E-state index contributed by atoms with van der Waals surface area (Å²) in [5, 5.41) is 11.8. The third kappa shape index (κ3) is 3.45. The predicted molar refractivity (Wildman–Crippen MR) is 64.0 cm³/mol. The SMILES string of the molecule is COc1ccc(Br)cc1NCC(C)C#N. The summed E-state index contributed by atoms with van der Waals surface area (Å²) in [6.45, 7) is 2.49. The van der Waals surface area contributed by atoms with E-state index in [0.29, 0.717) is 6.54 Å². The van der Waals surface area contributed by atoms with Crippen LogP contribution in [-0.2, 0) is 0 Å². The molecule has 1 aromatic rings. The number of benzene rings is 1. The average molecular weight is 269 g/mol. The fraction of sp³-hybridized carbons (Fsp3) is 0.364. The maximum atomic E-state index is 8.66. The summed E-state index contributed by atoms with van der Waals surface area (Å²) in [7, 11) is 1.63. The minimum absolute atomic E-state index is 0.0197. The van der Waals surface area contributed by atoms with Crippen LogP contribution in [-0.4, -0.2) is 13.7 Å². The lowest BCUT2D eigenvalue weighted by Crippen LogP contribution is -2.10. The molecule has 0 amide bonds. The maximum Gasteiger partial charge on any atom is 0.142 e. The number of hydrogen-bond donors (Lipinski definition) is 1. The minimum atomic E-state index is -0.0197. The lowest BCUT2D eigenvalue weighted by molar-refractivity contribution is 0.416. The van der Waals surface area contributed by atoms with Gasteiger partial charge in [-0.05, 0) is 25.1 Å². The number of nitrogens with one attached hydrogen (secondary N) is 1. The molecule has 0 aromatic heterocycles. The Balaban J connectivity index is 2.75. The van der Waals surface area contributed by atoms with E-state index in [9.17, 15) is 0 Å². The third-order valence-corrected chi connectivity index (χ3v) is 2.47. The van der Waals surface area contributed by atoms with Crippen molar-refractivity contribution in [2.24, 2.45) is 5.92 Å². The van der Waals surface area contributed by atoms with E-state index >= 15 is 0 Å². The first kappa shape index (κ1) is 11.9. The molecule has 0 aliphatic rings. The van der Waals surface area contributed by atoms with Gasteiger partial charge in [-0.3, -0.25) is 0 Å². The van der Waals surface area contributed by atoms with Gasteiger partial charge < -0.3 is 10.1 Å². The highest BCUT2D eigenvalue weighted by Gasteiger charge is 2.05. The van der Waals surface area contributed by atoms with Gasteiger partial charge in [-0.2, -0.15) is 5.26 Å². The molecular weight excluding hydrogens is 256 g/mol. The van der Waals surface area contributed by atoms with Crippen LogP contribution in [0.2, 0.25) is 0 Å². The molecule has 0 aliphatic carbocycles. The van der Waals surface area contributed by atoms with Gasteiger partial charge in [0.1, 0.15) is 5.75 Å². The first-order valence-electron chi connectivity index (χ1n) is 4.64. The largest absolute Gasteiger partial charge is 0.495 e. The Morgan fingerprint density at radius 1 is 1.60 bits per heavy atom. The fourth-order valence-corrected chi connectivity index (χ4v) is 1.49. The van der Waals surface area contributed by atoms with Gasteiger partial charge in [-0.25, -0.2) is 0 Å². The van der Waals surface area contributed by atoms with Crippen molar-refractivity contribution in [2.45, 2.75) is 6.92 Å². The Morgan fingerprint density at radius 3 is 2.93 bits per heavy atom. The Labute approximate surface area is 98.2 Å². The topological polar surface area (TPSA) is 45.0 Å². The van der Waals surface area contributed by atoms with Crippen molar-refractivity contribution in [3.8, 4) is 11.8 Å². The molecule has 0 heterocycles. The second-order valence-electron chi connectivity index (χ2n) is 3.26. The fourth-order valence-electron chi connectivity index (χ4n) is 1.13. The van der Waals surface area contributed by atoms with Crippen LogP contribution in [0.5, 0.6) is 5.75 Å². The molecule has 1 rings (SSSR count). The summed E-state index contributed by atoms with van der Waals surface area (Å²) in [5.74, 6) is 0.761. The standard InChI is InChI=1S/C11H13BrN2O/c1-8(6-13)7-14-10-5-9(12)3-4-11(10)15-2/h3-5,8,14H,7H2,1-2H3. The molecule has 0 radical (unpaired) electrons. The molecule has 1 unspecified atom stereocenters. The Hall–Kier alpha value is -1.21. The number of halogens is 1. The van der Waals surface area contributed by atoms with Crippen molar-refractivity contribution in [3.63, 3.8) is 0 Å². The maximum absolute atomic E-state index is 8.66. The number of nitriles is 1. The number of nitrogens with zero attached hydrogens (tertiary/aromatic N) is 1. The summed E-state index contributed by atoms with van der Waals surface area (Å²) >= 11 is 3.39. The summed E-state index contributed by atoms with van der Waals surface area (Å²) in [5.41, 5.74) is 0.897. The number of rotatable bonds is 4. The lowest BCUT2D eigenvalue weighted by Gasteiger charge is -2.12. The normalized spacial score (nSPS) is 11.6. The van der Waals surface area contributed by atoms with Crippen LogP contribution in [0.4, 0.5) is 5.69 Å². The molecule has 0 bridgehead atoms. The van der Waals surface area contributed by atoms with Crippen molar-refractivity contribution >= 4 is 21.6 Å². The van der Waals surface area contributed by atoms with Crippen LogP contribution in [0, 0.1) is 17.2 Å². The van der Waals surface area contributed by atoms with Crippen molar-refractivity contribution in [1.29, 1.82) is 5.26 Å². The smallest absolute Gasteiger partial charge is 0.142 e. The van der Waals surface area contributed by atoms with Crippen LogP contribution in [0.3, 0.4) is 0 Å². The molecule has 0 saturated heterocycles. The molecule has 0 spiro atoms. The van der Waals surface area contributed by atoms with Crippen LogP contribution in [0.15, 0.2) is 22.7 Å². The summed E-state index contributed by atoms with van der Waals surface area (Å²) < 4.78 is 6.18. The van der Waals surface area contributed by atoms with Crippen LogP contribution in [0.1, 0.15) is 6.92 Å². The van der Waals surface area contributed by atoms with Crippen molar-refractivity contribution in [3.05, 3.63) is 22.7 Å². The summed E-state index contributed by atoms with van der Waals surface area (Å²) in [4.78, 5) is 0. The molecule has 1 N–H and O–H groups in total. The average Bonchev–Trinajstić information content (AvgIpc) is 2.26. The predicted octanol–water partition coefficient (Wildman–Crippen LogP) is 3.03. The van der Waals surface area contributed by atoms with E-state index in [2.05, 4.69) is 27.3 Å². The molecule has 0 saturated carbocycles. The van der Waals surface area contributed by atoms with Crippen molar-refractivity contribution in [2.75, 3.05) is 19.0 Å². The minimum Gasteiger partial charge on any atom is -0.495 e. The Morgan fingerprint density at radius 2 is 2.33 bits per heavy atom. The lowest BCUT2D eigenvalue weighted by atomic mass is 10.2. The summed E-state index contributed by atoms with van der Waals surface area (Å²) in [6.07, 6.45) is 0. The van der Waals surface area contributed by atoms with E-state index in [0.717, 1.165) is 15.9 Å². The van der Waals surface area contributed by atoms with Gasteiger partial charge in [0.25, 0.3) is 0 Å². The van der Waals surface area contributed by atoms with E-state index in [1.807, 2.05) is 25.1 Å². The highest BCUT2D eigenvalue weighted by molar-refractivity contribution is 9.10. The third-order valence-electron chi connectivity index (χ3n) is 1.98. The van der Waals surface area contributed by atoms with Gasteiger partial charge in [0.05, 0.1) is 24.8 Å². The molecule has 0 aliphatic heterocycles. The second kappa shape index (κ2) is 5.62. The van der Waals surface area contributed by atoms with Gasteiger partial charge in [-0.15, -0.1) is 0 Å². The molecule has 80 valence electrons. The highest BCUT2D eigenvalue weighted by atomic mass is 79.9. The Bertz CT molecular complexity index is 373. The number of hydrogen-bond acceptors (Lipinski definition) is 3. The van der Waals surface area contributed by atoms with E-state index < -0.39 is 0 Å². The molecule has 1 atom stereocenters. The van der Waals surface area contributed by atoms with E-state index in [-0.39, 0.29) is 5.92 Å². The molecule has 1 aromatic carbocycles. The monoisotopic (exact) mass is 268 g/mol. The van der Waals surface area contributed by atoms with Gasteiger partial charge in [-0.1, -0.05) is 15.9 Å². The number of anilines is 1. The van der Waals surface area contributed by atoms with E-state index in [1.54, 1.807) is 7.11 Å². The quantitative estimate of drug-likeness (QED) is 0.913. The van der Waals surface area contributed by atoms with Crippen LogP contribution in [0.25, 0.3) is 0 Å². The van der Waals surface area contributed by atoms with Crippen molar-refractivity contribution < 1.29 is 4.74 Å². The van der Waals surface area contributed by atoms with Gasteiger partial charge in [0.15, 0.2) is 0 Å². The zero-order chi connectivity index (χ0) is 11.3. The van der Waals surface area contributed by atoms with Gasteiger partial charge in [0, 0.05) is 11.0 Å². The molecule has 4 heteroatoms. The molecule has 0 fully saturated rings. The molecule has 3 nitrogen and oxygen atoms in total.